The van der Waals surface area contributed by atoms with Crippen LogP contribution < -0.4 is 15.5 Å². The number of nitrogens with zero attached hydrogens (tertiary/aromatic N) is 2. The molecule has 0 saturated carbocycles. The SMILES string of the molecule is CCNC(=NCC(C)C(=O)OC)NC1CCN(c2ccccc2Br)C1. The summed E-state index contributed by atoms with van der Waals surface area (Å²) in [6.45, 7) is 6.95. The minimum atomic E-state index is -0.249. The number of methoxy groups -OCH3 is 1. The summed E-state index contributed by atoms with van der Waals surface area (Å²) < 4.78 is 5.87. The van der Waals surface area contributed by atoms with Gasteiger partial charge in [0, 0.05) is 30.1 Å². The largest absolute Gasteiger partial charge is 0.469 e. The van der Waals surface area contributed by atoms with E-state index in [1.165, 1.54) is 12.8 Å². The lowest BCUT2D eigenvalue weighted by Gasteiger charge is -2.21. The summed E-state index contributed by atoms with van der Waals surface area (Å²) in [7, 11) is 1.40. The highest BCUT2D eigenvalue weighted by atomic mass is 79.9. The molecule has 0 bridgehead atoms. The van der Waals surface area contributed by atoms with E-state index in [2.05, 4.69) is 54.7 Å². The second-order valence-corrected chi connectivity index (χ2v) is 7.03. The van der Waals surface area contributed by atoms with Crippen LogP contribution in [0.1, 0.15) is 20.3 Å². The molecular formula is C18H27BrN4O2. The van der Waals surface area contributed by atoms with E-state index < -0.39 is 0 Å². The van der Waals surface area contributed by atoms with E-state index in [0.29, 0.717) is 12.6 Å². The zero-order valence-corrected chi connectivity index (χ0v) is 16.7. The van der Waals surface area contributed by atoms with Crippen LogP contribution in [0.2, 0.25) is 0 Å². The van der Waals surface area contributed by atoms with Gasteiger partial charge < -0.3 is 20.3 Å². The Hall–Kier alpha value is -1.76. The Morgan fingerprint density at radius 2 is 2.24 bits per heavy atom. The smallest absolute Gasteiger partial charge is 0.310 e. The van der Waals surface area contributed by atoms with Crippen LogP contribution in [0.15, 0.2) is 33.7 Å². The molecular weight excluding hydrogens is 384 g/mol. The Morgan fingerprint density at radius 1 is 1.48 bits per heavy atom. The molecule has 1 aromatic carbocycles. The van der Waals surface area contributed by atoms with Crippen molar-refractivity contribution in [3.63, 3.8) is 0 Å². The fraction of sp³-hybridized carbons (Fsp3) is 0.556. The Balaban J connectivity index is 1.94. The first-order chi connectivity index (χ1) is 12.0. The standard InChI is InChI=1S/C18H27BrN4O2/c1-4-20-18(21-11-13(2)17(24)25-3)22-14-9-10-23(12-14)16-8-6-5-7-15(16)19/h5-8,13-14H,4,9-12H2,1-3H3,(H2,20,21,22). The first-order valence-electron chi connectivity index (χ1n) is 8.67. The summed E-state index contributed by atoms with van der Waals surface area (Å²) in [5.74, 6) is 0.263. The molecule has 6 nitrogen and oxygen atoms in total. The number of esters is 1. The molecule has 1 aliphatic heterocycles. The Morgan fingerprint density at radius 3 is 2.92 bits per heavy atom. The second kappa shape index (κ2) is 9.65. The predicted octanol–water partition coefficient (Wildman–Crippen LogP) is 2.39. The van der Waals surface area contributed by atoms with Crippen LogP contribution in [0.5, 0.6) is 0 Å². The molecule has 7 heteroatoms. The van der Waals surface area contributed by atoms with E-state index in [9.17, 15) is 4.79 Å². The van der Waals surface area contributed by atoms with Gasteiger partial charge in [-0.2, -0.15) is 0 Å². The van der Waals surface area contributed by atoms with Crippen molar-refractivity contribution >= 4 is 33.5 Å². The average molecular weight is 411 g/mol. The van der Waals surface area contributed by atoms with Crippen molar-refractivity contribution in [3.8, 4) is 0 Å². The molecule has 1 aliphatic rings. The fourth-order valence-corrected chi connectivity index (χ4v) is 3.36. The maximum absolute atomic E-state index is 11.5. The number of ether oxygens (including phenoxy) is 1. The van der Waals surface area contributed by atoms with E-state index >= 15 is 0 Å². The van der Waals surface area contributed by atoms with Crippen molar-refractivity contribution in [3.05, 3.63) is 28.7 Å². The van der Waals surface area contributed by atoms with Crippen molar-refractivity contribution in [2.45, 2.75) is 26.3 Å². The van der Waals surface area contributed by atoms with Gasteiger partial charge in [-0.3, -0.25) is 9.79 Å². The summed E-state index contributed by atoms with van der Waals surface area (Å²) in [6.07, 6.45) is 1.04. The van der Waals surface area contributed by atoms with Gasteiger partial charge in [0.2, 0.25) is 0 Å². The van der Waals surface area contributed by atoms with E-state index in [1.807, 2.05) is 19.9 Å². The van der Waals surface area contributed by atoms with Crippen LogP contribution in [-0.2, 0) is 9.53 Å². The molecule has 1 heterocycles. The molecule has 0 aromatic heterocycles. The first-order valence-corrected chi connectivity index (χ1v) is 9.46. The molecule has 1 fully saturated rings. The third-order valence-corrected chi connectivity index (χ3v) is 4.86. The van der Waals surface area contributed by atoms with Crippen molar-refractivity contribution in [2.24, 2.45) is 10.9 Å². The maximum Gasteiger partial charge on any atom is 0.310 e. The minimum absolute atomic E-state index is 0.236. The van der Waals surface area contributed by atoms with Gasteiger partial charge in [0.05, 0.1) is 25.3 Å². The number of benzene rings is 1. The van der Waals surface area contributed by atoms with Crippen LogP contribution in [0, 0.1) is 5.92 Å². The number of anilines is 1. The van der Waals surface area contributed by atoms with Gasteiger partial charge in [0.25, 0.3) is 0 Å². The molecule has 0 spiro atoms. The molecule has 138 valence electrons. The molecule has 0 aliphatic carbocycles. The number of aliphatic imine (C=N–C) groups is 1. The summed E-state index contributed by atoms with van der Waals surface area (Å²) in [5, 5.41) is 6.72. The lowest BCUT2D eigenvalue weighted by Crippen LogP contribution is -2.45. The summed E-state index contributed by atoms with van der Waals surface area (Å²) in [6, 6.07) is 8.59. The third-order valence-electron chi connectivity index (χ3n) is 4.19. The third kappa shape index (κ3) is 5.63. The van der Waals surface area contributed by atoms with E-state index in [-0.39, 0.29) is 11.9 Å². The number of rotatable bonds is 6. The van der Waals surface area contributed by atoms with E-state index in [4.69, 9.17) is 4.74 Å². The quantitative estimate of drug-likeness (QED) is 0.428. The zero-order chi connectivity index (χ0) is 18.2. The molecule has 2 N–H and O–H groups in total. The molecule has 0 amide bonds. The topological polar surface area (TPSA) is 66.0 Å². The summed E-state index contributed by atoms with van der Waals surface area (Å²) in [4.78, 5) is 18.4. The lowest BCUT2D eigenvalue weighted by atomic mass is 10.2. The monoisotopic (exact) mass is 410 g/mol. The minimum Gasteiger partial charge on any atom is -0.469 e. The molecule has 1 saturated heterocycles. The number of nitrogens with one attached hydrogen (secondary N) is 2. The number of hydrogen-bond donors (Lipinski definition) is 2. The van der Waals surface area contributed by atoms with Crippen LogP contribution in [0.3, 0.4) is 0 Å². The van der Waals surface area contributed by atoms with Crippen molar-refractivity contribution in [2.75, 3.05) is 38.2 Å². The van der Waals surface area contributed by atoms with Gasteiger partial charge in [-0.25, -0.2) is 0 Å². The van der Waals surface area contributed by atoms with Gasteiger partial charge in [0.15, 0.2) is 5.96 Å². The fourth-order valence-electron chi connectivity index (χ4n) is 2.82. The highest BCUT2D eigenvalue weighted by Crippen LogP contribution is 2.28. The molecule has 0 radical (unpaired) electrons. The van der Waals surface area contributed by atoms with Gasteiger partial charge in [-0.15, -0.1) is 0 Å². The Labute approximate surface area is 158 Å². The second-order valence-electron chi connectivity index (χ2n) is 6.17. The molecule has 25 heavy (non-hydrogen) atoms. The molecule has 2 rings (SSSR count). The van der Waals surface area contributed by atoms with Crippen LogP contribution in [-0.4, -0.2) is 51.3 Å². The van der Waals surface area contributed by atoms with Crippen LogP contribution in [0.25, 0.3) is 0 Å². The molecule has 2 atom stereocenters. The first kappa shape index (κ1) is 19.6. The highest BCUT2D eigenvalue weighted by molar-refractivity contribution is 9.10. The number of hydrogen-bond acceptors (Lipinski definition) is 4. The number of carbonyl (C=O) groups excluding carboxylic acids is 1. The van der Waals surface area contributed by atoms with E-state index in [0.717, 1.165) is 36.5 Å². The molecule has 2 unspecified atom stereocenters. The molecule has 1 aromatic rings. The van der Waals surface area contributed by atoms with Gasteiger partial charge in [0.1, 0.15) is 0 Å². The lowest BCUT2D eigenvalue weighted by molar-refractivity contribution is -0.144. The normalized spacial score (nSPS) is 18.8. The highest BCUT2D eigenvalue weighted by Gasteiger charge is 2.24. The average Bonchev–Trinajstić information content (AvgIpc) is 3.07. The summed E-state index contributed by atoms with van der Waals surface area (Å²) >= 11 is 3.62. The number of carbonyl (C=O) groups is 1. The van der Waals surface area contributed by atoms with Gasteiger partial charge >= 0.3 is 5.97 Å². The number of guanidine groups is 1. The van der Waals surface area contributed by atoms with Crippen molar-refractivity contribution in [1.29, 1.82) is 0 Å². The number of para-hydroxylation sites is 1. The Kier molecular flexibility index (Phi) is 7.55. The van der Waals surface area contributed by atoms with Gasteiger partial charge in [-0.05, 0) is 41.4 Å². The predicted molar refractivity (Wildman–Crippen MR) is 105 cm³/mol. The van der Waals surface area contributed by atoms with E-state index in [1.54, 1.807) is 0 Å². The van der Waals surface area contributed by atoms with Crippen LogP contribution in [0.4, 0.5) is 5.69 Å². The summed E-state index contributed by atoms with van der Waals surface area (Å²) in [5.41, 5.74) is 1.22. The van der Waals surface area contributed by atoms with Crippen molar-refractivity contribution in [1.82, 2.24) is 10.6 Å². The van der Waals surface area contributed by atoms with Crippen LogP contribution >= 0.6 is 15.9 Å². The number of halogens is 1. The zero-order valence-electron chi connectivity index (χ0n) is 15.1. The maximum atomic E-state index is 11.5. The Bertz CT molecular complexity index is 608. The van der Waals surface area contributed by atoms with Gasteiger partial charge in [-0.1, -0.05) is 19.1 Å². The van der Waals surface area contributed by atoms with Crippen molar-refractivity contribution < 1.29 is 9.53 Å².